The zero-order valence-corrected chi connectivity index (χ0v) is 27.1. The topological polar surface area (TPSA) is 21.3 Å². The molecule has 0 aliphatic heterocycles. The summed E-state index contributed by atoms with van der Waals surface area (Å²) < 4.78 is 9.07. The average Bonchev–Trinajstić information content (AvgIpc) is 3.71. The van der Waals surface area contributed by atoms with E-state index in [2.05, 4.69) is 167 Å². The fourth-order valence-corrected chi connectivity index (χ4v) is 8.10. The second kappa shape index (κ2) is 11.3. The first-order chi connectivity index (χ1) is 24.3. The summed E-state index contributed by atoms with van der Waals surface area (Å²) in [5, 5.41) is 6.17. The van der Waals surface area contributed by atoms with Crippen molar-refractivity contribution in [1.82, 2.24) is 4.57 Å². The Labute approximate surface area is 285 Å². The number of fused-ring (bicyclic) bond motifs is 8. The number of rotatable bonds is 5. The molecule has 0 spiro atoms. The third-order valence-corrected chi connectivity index (χ3v) is 10.3. The van der Waals surface area contributed by atoms with Crippen molar-refractivity contribution in [3.63, 3.8) is 0 Å². The van der Waals surface area contributed by atoms with Gasteiger partial charge in [0.2, 0.25) is 0 Å². The molecule has 0 saturated heterocycles. The van der Waals surface area contributed by atoms with E-state index in [9.17, 15) is 0 Å². The molecule has 0 atom stereocenters. The molecular formula is C46H34N2O. The molecule has 0 unspecified atom stereocenters. The van der Waals surface area contributed by atoms with Crippen LogP contribution >= 0.6 is 0 Å². The van der Waals surface area contributed by atoms with Crippen LogP contribution in [0.1, 0.15) is 36.1 Å². The first kappa shape index (κ1) is 28.0. The SMILES string of the molecule is C1=Cc2c(oc3cc(N(C4=CC=C(c5ccccc5)CC4)c4ccc5c6ccccc6n(-c6ccccc6)c5c4)c4ccccc4c23)CC1. The number of para-hydroxylation sites is 2. The van der Waals surface area contributed by atoms with Crippen LogP contribution in [0.25, 0.3) is 60.9 Å². The van der Waals surface area contributed by atoms with Crippen molar-refractivity contribution in [2.45, 2.75) is 25.7 Å². The number of hydrogen-bond acceptors (Lipinski definition) is 2. The Bertz CT molecular complexity index is 2650. The summed E-state index contributed by atoms with van der Waals surface area (Å²) in [6.45, 7) is 0. The Morgan fingerprint density at radius 2 is 1.33 bits per heavy atom. The molecule has 2 aromatic heterocycles. The maximum absolute atomic E-state index is 6.66. The summed E-state index contributed by atoms with van der Waals surface area (Å²) in [6.07, 6.45) is 13.0. The van der Waals surface area contributed by atoms with Gasteiger partial charge in [0.15, 0.2) is 0 Å². The summed E-state index contributed by atoms with van der Waals surface area (Å²) in [5.41, 5.74) is 11.9. The number of allylic oxidation sites excluding steroid dienone is 5. The molecule has 0 amide bonds. The van der Waals surface area contributed by atoms with Gasteiger partial charge >= 0.3 is 0 Å². The molecule has 10 rings (SSSR count). The zero-order chi connectivity index (χ0) is 32.3. The second-order valence-corrected chi connectivity index (χ2v) is 13.1. The Hall–Kier alpha value is -6.06. The average molecular weight is 631 g/mol. The highest BCUT2D eigenvalue weighted by molar-refractivity contribution is 6.16. The Kier molecular flexibility index (Phi) is 6.45. The van der Waals surface area contributed by atoms with Crippen LogP contribution in [-0.2, 0) is 6.42 Å². The molecule has 0 N–H and O–H groups in total. The fourth-order valence-electron chi connectivity index (χ4n) is 8.10. The Morgan fingerprint density at radius 1 is 0.592 bits per heavy atom. The highest BCUT2D eigenvalue weighted by atomic mass is 16.3. The highest BCUT2D eigenvalue weighted by Crippen LogP contribution is 2.46. The van der Waals surface area contributed by atoms with E-state index in [4.69, 9.17) is 4.42 Å². The van der Waals surface area contributed by atoms with Crippen LogP contribution in [-0.4, -0.2) is 4.57 Å². The Morgan fingerprint density at radius 3 is 2.14 bits per heavy atom. The molecule has 2 aliphatic rings. The van der Waals surface area contributed by atoms with E-state index in [1.54, 1.807) is 0 Å². The molecule has 2 aliphatic carbocycles. The number of aromatic nitrogens is 1. The highest BCUT2D eigenvalue weighted by Gasteiger charge is 2.25. The van der Waals surface area contributed by atoms with Gasteiger partial charge < -0.3 is 13.9 Å². The molecule has 0 bridgehead atoms. The molecule has 2 heterocycles. The second-order valence-electron chi connectivity index (χ2n) is 13.1. The van der Waals surface area contributed by atoms with E-state index in [-0.39, 0.29) is 0 Å². The number of benzene rings is 6. The molecular weight excluding hydrogens is 597 g/mol. The molecule has 0 fully saturated rings. The third-order valence-electron chi connectivity index (χ3n) is 10.3. The van der Waals surface area contributed by atoms with E-state index < -0.39 is 0 Å². The first-order valence-corrected chi connectivity index (χ1v) is 17.3. The summed E-state index contributed by atoms with van der Waals surface area (Å²) >= 11 is 0. The molecule has 234 valence electrons. The minimum atomic E-state index is 0.921. The number of aryl methyl sites for hydroxylation is 1. The molecule has 0 saturated carbocycles. The van der Waals surface area contributed by atoms with Gasteiger partial charge in [-0.05, 0) is 72.2 Å². The van der Waals surface area contributed by atoms with Crippen molar-refractivity contribution in [3.8, 4) is 5.69 Å². The molecule has 3 nitrogen and oxygen atoms in total. The van der Waals surface area contributed by atoms with E-state index in [1.807, 2.05) is 0 Å². The van der Waals surface area contributed by atoms with Gasteiger partial charge in [-0.15, -0.1) is 0 Å². The van der Waals surface area contributed by atoms with E-state index in [0.717, 1.165) is 54.1 Å². The fraction of sp³-hybridized carbons (Fsp3) is 0.0870. The monoisotopic (exact) mass is 630 g/mol. The zero-order valence-electron chi connectivity index (χ0n) is 27.1. The first-order valence-electron chi connectivity index (χ1n) is 17.3. The van der Waals surface area contributed by atoms with Gasteiger partial charge in [-0.1, -0.05) is 115 Å². The van der Waals surface area contributed by atoms with Crippen LogP contribution in [0.5, 0.6) is 0 Å². The maximum Gasteiger partial charge on any atom is 0.137 e. The predicted octanol–water partition coefficient (Wildman–Crippen LogP) is 12.5. The van der Waals surface area contributed by atoms with Gasteiger partial charge in [0, 0.05) is 56.7 Å². The van der Waals surface area contributed by atoms with E-state index >= 15 is 0 Å². The summed E-state index contributed by atoms with van der Waals surface area (Å²) in [6, 6.07) is 48.4. The van der Waals surface area contributed by atoms with Crippen LogP contribution in [0.4, 0.5) is 11.4 Å². The molecule has 49 heavy (non-hydrogen) atoms. The lowest BCUT2D eigenvalue weighted by atomic mass is 9.94. The van der Waals surface area contributed by atoms with Crippen molar-refractivity contribution >= 4 is 66.6 Å². The lowest BCUT2D eigenvalue weighted by Gasteiger charge is -2.31. The van der Waals surface area contributed by atoms with Crippen LogP contribution in [0.15, 0.2) is 162 Å². The minimum absolute atomic E-state index is 0.921. The largest absolute Gasteiger partial charge is 0.460 e. The van der Waals surface area contributed by atoms with Gasteiger partial charge in [-0.25, -0.2) is 0 Å². The van der Waals surface area contributed by atoms with Crippen LogP contribution < -0.4 is 4.90 Å². The number of anilines is 2. The number of hydrogen-bond donors (Lipinski definition) is 0. The van der Waals surface area contributed by atoms with E-state index in [0.29, 0.717) is 0 Å². The lowest BCUT2D eigenvalue weighted by Crippen LogP contribution is -2.18. The lowest BCUT2D eigenvalue weighted by molar-refractivity contribution is 0.546. The summed E-state index contributed by atoms with van der Waals surface area (Å²) in [4.78, 5) is 2.49. The smallest absolute Gasteiger partial charge is 0.137 e. The minimum Gasteiger partial charge on any atom is -0.460 e. The molecule has 0 radical (unpaired) electrons. The van der Waals surface area contributed by atoms with Crippen molar-refractivity contribution in [3.05, 3.63) is 174 Å². The maximum atomic E-state index is 6.66. The molecule has 6 aromatic carbocycles. The quantitative estimate of drug-likeness (QED) is 0.189. The standard InChI is InChI=1S/C46H34N2O/c1-3-13-31(14-4-1)32-23-25-34(26-24-32)47(43-30-45-46(39-19-8-7-18-37(39)43)40-20-10-12-22-44(40)49-45)35-27-28-38-36-17-9-11-21-41(36)48(42(38)29-35)33-15-5-2-6-16-33/h1-11,13-21,23,25,27-30H,12,22,24,26H2. The molecule has 8 aromatic rings. The van der Waals surface area contributed by atoms with Gasteiger partial charge in [0.1, 0.15) is 11.3 Å². The van der Waals surface area contributed by atoms with Gasteiger partial charge in [0.05, 0.1) is 16.7 Å². The van der Waals surface area contributed by atoms with E-state index in [1.165, 1.54) is 60.4 Å². The van der Waals surface area contributed by atoms with Crippen LogP contribution in [0.3, 0.4) is 0 Å². The van der Waals surface area contributed by atoms with Gasteiger partial charge in [-0.3, -0.25) is 0 Å². The predicted molar refractivity (Wildman–Crippen MR) is 206 cm³/mol. The number of furan rings is 1. The number of nitrogens with zero attached hydrogens (tertiary/aromatic N) is 2. The van der Waals surface area contributed by atoms with Crippen molar-refractivity contribution in [2.24, 2.45) is 0 Å². The normalized spacial score (nSPS) is 14.4. The van der Waals surface area contributed by atoms with Crippen molar-refractivity contribution in [1.29, 1.82) is 0 Å². The van der Waals surface area contributed by atoms with Crippen molar-refractivity contribution in [2.75, 3.05) is 4.90 Å². The van der Waals surface area contributed by atoms with Gasteiger partial charge in [0.25, 0.3) is 0 Å². The van der Waals surface area contributed by atoms with Crippen molar-refractivity contribution < 1.29 is 4.42 Å². The summed E-state index contributed by atoms with van der Waals surface area (Å²) in [5.74, 6) is 1.09. The summed E-state index contributed by atoms with van der Waals surface area (Å²) in [7, 11) is 0. The van der Waals surface area contributed by atoms with Crippen LogP contribution in [0, 0.1) is 0 Å². The Balaban J connectivity index is 1.25. The van der Waals surface area contributed by atoms with Crippen LogP contribution in [0.2, 0.25) is 0 Å². The molecule has 3 heteroatoms. The van der Waals surface area contributed by atoms with Gasteiger partial charge in [-0.2, -0.15) is 0 Å². The third kappa shape index (κ3) is 4.50.